The van der Waals surface area contributed by atoms with Gasteiger partial charge in [0.15, 0.2) is 0 Å². The van der Waals surface area contributed by atoms with Crippen LogP contribution in [0.5, 0.6) is 11.5 Å². The first kappa shape index (κ1) is 25.9. The van der Waals surface area contributed by atoms with Crippen LogP contribution in [0.15, 0.2) is 48.5 Å². The van der Waals surface area contributed by atoms with E-state index in [0.717, 1.165) is 43.7 Å². The third kappa shape index (κ3) is 6.75. The minimum absolute atomic E-state index is 0.000727. The summed E-state index contributed by atoms with van der Waals surface area (Å²) in [5.41, 5.74) is 0.00847. The number of nitrogens with zero attached hydrogens (tertiary/aromatic N) is 2. The Kier molecular flexibility index (Phi) is 8.80. The van der Waals surface area contributed by atoms with E-state index in [9.17, 15) is 14.0 Å². The Balaban J connectivity index is 1.45. The summed E-state index contributed by atoms with van der Waals surface area (Å²) in [5, 5.41) is 0. The van der Waals surface area contributed by atoms with Crippen molar-refractivity contribution in [2.24, 2.45) is 0 Å². The van der Waals surface area contributed by atoms with E-state index in [1.165, 1.54) is 12.1 Å². The van der Waals surface area contributed by atoms with Crippen molar-refractivity contribution >= 4 is 11.8 Å². The fourth-order valence-electron chi connectivity index (χ4n) is 4.89. The highest BCUT2D eigenvalue weighted by Crippen LogP contribution is 2.27. The van der Waals surface area contributed by atoms with Gasteiger partial charge < -0.3 is 24.0 Å². The normalized spacial score (nSPS) is 20.2. The molecule has 0 aliphatic carbocycles. The van der Waals surface area contributed by atoms with Crippen molar-refractivity contribution in [3.8, 4) is 11.5 Å². The molecule has 0 bridgehead atoms. The third-order valence-electron chi connectivity index (χ3n) is 6.90. The number of carbonyl (C=O) groups excluding carboxylic acids is 2. The molecule has 7 nitrogen and oxygen atoms in total. The minimum atomic E-state index is -0.971. The van der Waals surface area contributed by atoms with E-state index >= 15 is 0 Å². The number of benzene rings is 2. The van der Waals surface area contributed by atoms with Gasteiger partial charge in [0.1, 0.15) is 29.5 Å². The molecule has 0 radical (unpaired) electrons. The summed E-state index contributed by atoms with van der Waals surface area (Å²) >= 11 is 0. The van der Waals surface area contributed by atoms with Crippen LogP contribution in [0.4, 0.5) is 4.39 Å². The molecule has 2 aliphatic heterocycles. The lowest BCUT2D eigenvalue weighted by Crippen LogP contribution is -2.58. The number of para-hydroxylation sites is 1. The van der Waals surface area contributed by atoms with Gasteiger partial charge in [0.05, 0.1) is 26.7 Å². The second-order valence-electron chi connectivity index (χ2n) is 9.52. The first-order chi connectivity index (χ1) is 17.5. The fourth-order valence-corrected chi connectivity index (χ4v) is 4.89. The highest BCUT2D eigenvalue weighted by molar-refractivity contribution is 5.79. The molecule has 0 spiro atoms. The molecular formula is C28H35FN2O5. The molecule has 2 aromatic carbocycles. The molecule has 2 aliphatic rings. The molecule has 8 heteroatoms. The molecule has 36 heavy (non-hydrogen) atoms. The first-order valence-electron chi connectivity index (χ1n) is 12.7. The number of rotatable bonds is 9. The summed E-state index contributed by atoms with van der Waals surface area (Å²) in [6.07, 6.45) is 4.15. The molecule has 2 amide bonds. The predicted octanol–water partition coefficient (Wildman–Crippen LogP) is 3.85. The smallest absolute Gasteiger partial charge is 0.225 e. The van der Waals surface area contributed by atoms with Crippen molar-refractivity contribution < 1.29 is 28.2 Å². The minimum Gasteiger partial charge on any atom is -0.496 e. The average Bonchev–Trinajstić information content (AvgIpc) is 2.92. The summed E-state index contributed by atoms with van der Waals surface area (Å²) in [7, 11) is 1.62. The van der Waals surface area contributed by atoms with Gasteiger partial charge in [-0.3, -0.25) is 9.59 Å². The predicted molar refractivity (Wildman–Crippen MR) is 134 cm³/mol. The topological polar surface area (TPSA) is 68.3 Å². The Labute approximate surface area is 212 Å². The second kappa shape index (κ2) is 12.2. The Bertz CT molecular complexity index is 1020. The number of piperidine rings is 1. The molecule has 2 saturated heterocycles. The largest absolute Gasteiger partial charge is 0.496 e. The number of likely N-dealkylation sites (tertiary alicyclic amines) is 1. The van der Waals surface area contributed by atoms with E-state index < -0.39 is 5.60 Å². The van der Waals surface area contributed by atoms with E-state index in [1.54, 1.807) is 24.1 Å². The van der Waals surface area contributed by atoms with Crippen LogP contribution in [-0.4, -0.2) is 73.7 Å². The molecule has 0 aromatic heterocycles. The number of methoxy groups -OCH3 is 1. The van der Waals surface area contributed by atoms with Gasteiger partial charge in [-0.15, -0.1) is 0 Å². The maximum absolute atomic E-state index is 13.3. The lowest BCUT2D eigenvalue weighted by molar-refractivity contribution is -0.166. The summed E-state index contributed by atoms with van der Waals surface area (Å²) in [6.45, 7) is 2.62. The molecule has 2 aromatic rings. The van der Waals surface area contributed by atoms with Crippen LogP contribution < -0.4 is 9.47 Å². The van der Waals surface area contributed by atoms with Crippen molar-refractivity contribution in [2.75, 3.05) is 46.5 Å². The van der Waals surface area contributed by atoms with Crippen molar-refractivity contribution in [3.63, 3.8) is 0 Å². The maximum atomic E-state index is 13.3. The second-order valence-corrected chi connectivity index (χ2v) is 9.52. The number of carbonyl (C=O) groups is 2. The Morgan fingerprint density at radius 2 is 1.72 bits per heavy atom. The zero-order valence-electron chi connectivity index (χ0n) is 20.9. The van der Waals surface area contributed by atoms with Crippen LogP contribution in [0, 0.1) is 5.82 Å². The molecule has 0 N–H and O–H groups in total. The Hall–Kier alpha value is -3.13. The molecule has 4 rings (SSSR count). The van der Waals surface area contributed by atoms with Crippen molar-refractivity contribution in [2.45, 2.75) is 44.1 Å². The number of morpholine rings is 1. The average molecular weight is 499 g/mol. The summed E-state index contributed by atoms with van der Waals surface area (Å²) in [4.78, 5) is 30.1. The molecule has 0 saturated carbocycles. The van der Waals surface area contributed by atoms with E-state index in [0.29, 0.717) is 31.7 Å². The monoisotopic (exact) mass is 498 g/mol. The highest BCUT2D eigenvalue weighted by atomic mass is 19.1. The first-order valence-corrected chi connectivity index (χ1v) is 12.7. The molecule has 0 unspecified atom stereocenters. The Morgan fingerprint density at radius 3 is 2.47 bits per heavy atom. The van der Waals surface area contributed by atoms with Gasteiger partial charge in [0.2, 0.25) is 11.8 Å². The summed E-state index contributed by atoms with van der Waals surface area (Å²) in [5.74, 6) is 0.922. The van der Waals surface area contributed by atoms with Gasteiger partial charge in [0, 0.05) is 26.1 Å². The van der Waals surface area contributed by atoms with E-state index in [-0.39, 0.29) is 37.2 Å². The van der Waals surface area contributed by atoms with Gasteiger partial charge >= 0.3 is 0 Å². The number of amides is 2. The van der Waals surface area contributed by atoms with Crippen LogP contribution >= 0.6 is 0 Å². The third-order valence-corrected chi connectivity index (χ3v) is 6.90. The molecule has 1 atom stereocenters. The number of aryl methyl sites for hydroxylation is 1. The van der Waals surface area contributed by atoms with E-state index in [1.807, 2.05) is 29.2 Å². The van der Waals surface area contributed by atoms with Crippen molar-refractivity contribution in [1.29, 1.82) is 0 Å². The number of hydrogen-bond donors (Lipinski definition) is 0. The van der Waals surface area contributed by atoms with Gasteiger partial charge in [0.25, 0.3) is 0 Å². The zero-order chi connectivity index (χ0) is 25.4. The van der Waals surface area contributed by atoms with Crippen LogP contribution in [0.25, 0.3) is 0 Å². The fraction of sp³-hybridized carbons (Fsp3) is 0.500. The zero-order valence-corrected chi connectivity index (χ0v) is 20.9. The Morgan fingerprint density at radius 1 is 0.972 bits per heavy atom. The van der Waals surface area contributed by atoms with Crippen LogP contribution in [0.2, 0.25) is 0 Å². The van der Waals surface area contributed by atoms with E-state index in [2.05, 4.69) is 0 Å². The van der Waals surface area contributed by atoms with Gasteiger partial charge in [-0.25, -0.2) is 4.39 Å². The molecule has 2 heterocycles. The van der Waals surface area contributed by atoms with Gasteiger partial charge in [-0.1, -0.05) is 18.2 Å². The molecule has 194 valence electrons. The van der Waals surface area contributed by atoms with Crippen molar-refractivity contribution in [3.05, 3.63) is 59.9 Å². The standard InChI is InChI=1S/C28H35FN2O5/c1-34-25-8-4-3-7-22(25)9-14-26(32)31-17-18-36-28(20-31,19-27(33)30-15-5-2-6-16-30)21-35-24-12-10-23(29)11-13-24/h3-4,7-8,10-13H,2,5-6,9,14-21H2,1H3/t28-/m0/s1. The summed E-state index contributed by atoms with van der Waals surface area (Å²) in [6, 6.07) is 13.4. The summed E-state index contributed by atoms with van der Waals surface area (Å²) < 4.78 is 30.9. The van der Waals surface area contributed by atoms with Crippen LogP contribution in [-0.2, 0) is 20.7 Å². The van der Waals surface area contributed by atoms with E-state index in [4.69, 9.17) is 14.2 Å². The van der Waals surface area contributed by atoms with Gasteiger partial charge in [-0.05, 0) is 61.6 Å². The lowest BCUT2D eigenvalue weighted by atomic mass is 9.95. The SMILES string of the molecule is COc1ccccc1CCC(=O)N1CCO[C@@](COc2ccc(F)cc2)(CC(=O)N2CCCCC2)C1. The van der Waals surface area contributed by atoms with Crippen molar-refractivity contribution in [1.82, 2.24) is 9.80 Å². The highest BCUT2D eigenvalue weighted by Gasteiger charge is 2.42. The van der Waals surface area contributed by atoms with Gasteiger partial charge in [-0.2, -0.15) is 0 Å². The maximum Gasteiger partial charge on any atom is 0.225 e. The van der Waals surface area contributed by atoms with Crippen LogP contribution in [0.1, 0.15) is 37.7 Å². The quantitative estimate of drug-likeness (QED) is 0.526. The number of halogens is 1. The lowest BCUT2D eigenvalue weighted by Gasteiger charge is -2.43. The number of ether oxygens (including phenoxy) is 3. The van der Waals surface area contributed by atoms with Crippen LogP contribution in [0.3, 0.4) is 0 Å². The molecule has 2 fully saturated rings. The molecular weight excluding hydrogens is 463 g/mol. The number of hydrogen-bond acceptors (Lipinski definition) is 5.